The molecule has 0 aliphatic carbocycles. The van der Waals surface area contributed by atoms with Crippen molar-refractivity contribution in [1.82, 2.24) is 15.6 Å². The molecule has 1 amide bonds. The van der Waals surface area contributed by atoms with E-state index in [2.05, 4.69) is 22.5 Å². The van der Waals surface area contributed by atoms with Crippen LogP contribution in [0.3, 0.4) is 0 Å². The summed E-state index contributed by atoms with van der Waals surface area (Å²) in [6.45, 7) is 2.07. The van der Waals surface area contributed by atoms with Gasteiger partial charge in [0.1, 0.15) is 0 Å². The quantitative estimate of drug-likeness (QED) is 0.860. The minimum atomic E-state index is -2.77. The van der Waals surface area contributed by atoms with Crippen LogP contribution in [0.25, 0.3) is 0 Å². The van der Waals surface area contributed by atoms with E-state index in [0.717, 1.165) is 11.4 Å². The molecule has 2 heterocycles. The Labute approximate surface area is 114 Å². The van der Waals surface area contributed by atoms with Gasteiger partial charge in [0, 0.05) is 30.5 Å². The minimum Gasteiger partial charge on any atom is -0.354 e. The average Bonchev–Trinajstić information content (AvgIpc) is 2.95. The van der Waals surface area contributed by atoms with Crippen molar-refractivity contribution in [2.45, 2.75) is 38.2 Å². The fraction of sp³-hybridized carbons (Fsp3) is 0.667. The zero-order valence-electron chi connectivity index (χ0n) is 10.7. The third-order valence-corrected chi connectivity index (χ3v) is 4.22. The molecule has 0 aromatic carbocycles. The zero-order valence-corrected chi connectivity index (χ0v) is 11.5. The van der Waals surface area contributed by atoms with Gasteiger partial charge in [-0.2, -0.15) is 0 Å². The van der Waals surface area contributed by atoms with E-state index < -0.39 is 24.9 Å². The first-order chi connectivity index (χ1) is 9.00. The normalized spacial score (nSPS) is 21.5. The first-order valence-electron chi connectivity index (χ1n) is 6.32. The van der Waals surface area contributed by atoms with Crippen molar-refractivity contribution in [3.8, 4) is 0 Å². The zero-order chi connectivity index (χ0) is 13.9. The Morgan fingerprint density at radius 1 is 1.68 bits per heavy atom. The van der Waals surface area contributed by atoms with E-state index in [0.29, 0.717) is 13.0 Å². The van der Waals surface area contributed by atoms with Crippen molar-refractivity contribution < 1.29 is 13.6 Å². The number of nitrogens with zero attached hydrogens (tertiary/aromatic N) is 1. The Morgan fingerprint density at radius 2 is 2.47 bits per heavy atom. The number of carbonyl (C=O) groups is 1. The summed E-state index contributed by atoms with van der Waals surface area (Å²) in [5.74, 6) is -3.13. The Bertz CT molecular complexity index is 450. The maximum Gasteiger partial charge on any atom is 0.262 e. The molecule has 106 valence electrons. The number of hydrogen-bond acceptors (Lipinski definition) is 4. The molecule has 0 saturated carbocycles. The molecule has 1 aromatic heterocycles. The number of aromatic nitrogens is 1. The lowest BCUT2D eigenvalue weighted by Gasteiger charge is -2.10. The molecular weight excluding hydrogens is 272 g/mol. The number of nitrogens with one attached hydrogen (secondary N) is 2. The molecule has 1 aliphatic heterocycles. The predicted octanol–water partition coefficient (Wildman–Crippen LogP) is 1.36. The predicted molar refractivity (Wildman–Crippen MR) is 69.6 cm³/mol. The lowest BCUT2D eigenvalue weighted by atomic mass is 10.2. The summed E-state index contributed by atoms with van der Waals surface area (Å²) in [6, 6.07) is -0.780. The van der Waals surface area contributed by atoms with E-state index in [1.165, 1.54) is 4.88 Å². The standard InChI is InChI=1S/C12H17F2N3OS/c1-2-8-6-16-10(19-8)3-4-15-11(18)9-5-12(13,14)7-17-9/h6,9,17H,2-5,7H2,1H3,(H,15,18). The summed E-state index contributed by atoms with van der Waals surface area (Å²) < 4.78 is 25.9. The maximum absolute atomic E-state index is 12.9. The Hall–Kier alpha value is -1.08. The van der Waals surface area contributed by atoms with Gasteiger partial charge in [-0.3, -0.25) is 10.1 Å². The van der Waals surface area contributed by atoms with Gasteiger partial charge in [0.15, 0.2) is 0 Å². The number of hydrogen-bond donors (Lipinski definition) is 2. The van der Waals surface area contributed by atoms with Crippen molar-refractivity contribution in [3.63, 3.8) is 0 Å². The van der Waals surface area contributed by atoms with Crippen LogP contribution in [0.1, 0.15) is 23.2 Å². The molecule has 0 spiro atoms. The highest BCUT2D eigenvalue weighted by molar-refractivity contribution is 7.11. The van der Waals surface area contributed by atoms with Crippen LogP contribution < -0.4 is 10.6 Å². The van der Waals surface area contributed by atoms with E-state index in [1.54, 1.807) is 11.3 Å². The number of thiazole rings is 1. The van der Waals surface area contributed by atoms with Gasteiger partial charge < -0.3 is 5.32 Å². The minimum absolute atomic E-state index is 0.357. The maximum atomic E-state index is 12.9. The first kappa shape index (κ1) is 14.3. The van der Waals surface area contributed by atoms with Crippen LogP contribution in [0, 0.1) is 0 Å². The summed E-state index contributed by atoms with van der Waals surface area (Å²) in [6.07, 6.45) is 3.00. The topological polar surface area (TPSA) is 54.0 Å². The van der Waals surface area contributed by atoms with Gasteiger partial charge in [-0.25, -0.2) is 13.8 Å². The van der Waals surface area contributed by atoms with Crippen LogP contribution in [0.2, 0.25) is 0 Å². The summed E-state index contributed by atoms with van der Waals surface area (Å²) in [5.41, 5.74) is 0. The van der Waals surface area contributed by atoms with Gasteiger partial charge in [-0.05, 0) is 6.42 Å². The van der Waals surface area contributed by atoms with Crippen molar-refractivity contribution in [2.75, 3.05) is 13.1 Å². The van der Waals surface area contributed by atoms with Gasteiger partial charge in [0.2, 0.25) is 5.91 Å². The largest absolute Gasteiger partial charge is 0.354 e. The molecule has 19 heavy (non-hydrogen) atoms. The Balaban J connectivity index is 1.72. The third kappa shape index (κ3) is 3.94. The summed E-state index contributed by atoms with van der Waals surface area (Å²) in [4.78, 5) is 17.1. The van der Waals surface area contributed by atoms with Crippen molar-refractivity contribution in [2.24, 2.45) is 0 Å². The highest BCUT2D eigenvalue weighted by atomic mass is 32.1. The molecule has 1 saturated heterocycles. The number of amides is 1. The Kier molecular flexibility index (Phi) is 4.46. The first-order valence-corrected chi connectivity index (χ1v) is 7.14. The van der Waals surface area contributed by atoms with Crippen LogP contribution in [-0.4, -0.2) is 35.9 Å². The lowest BCUT2D eigenvalue weighted by Crippen LogP contribution is -2.41. The lowest BCUT2D eigenvalue weighted by molar-refractivity contribution is -0.123. The number of halogens is 2. The van der Waals surface area contributed by atoms with E-state index in [1.807, 2.05) is 6.20 Å². The smallest absolute Gasteiger partial charge is 0.262 e. The van der Waals surface area contributed by atoms with E-state index in [-0.39, 0.29) is 5.91 Å². The number of alkyl halides is 2. The molecule has 0 radical (unpaired) electrons. The van der Waals surface area contributed by atoms with Crippen LogP contribution in [0.4, 0.5) is 8.78 Å². The Morgan fingerprint density at radius 3 is 3.05 bits per heavy atom. The molecular formula is C12H17F2N3OS. The number of aryl methyl sites for hydroxylation is 1. The van der Waals surface area contributed by atoms with E-state index in [4.69, 9.17) is 0 Å². The fourth-order valence-electron chi connectivity index (χ4n) is 1.94. The number of rotatable bonds is 5. The van der Waals surface area contributed by atoms with Crippen molar-refractivity contribution in [1.29, 1.82) is 0 Å². The van der Waals surface area contributed by atoms with Gasteiger partial charge in [-0.15, -0.1) is 11.3 Å². The molecule has 1 unspecified atom stereocenters. The second-order valence-electron chi connectivity index (χ2n) is 4.61. The highest BCUT2D eigenvalue weighted by Crippen LogP contribution is 2.25. The van der Waals surface area contributed by atoms with Crippen LogP contribution in [0.15, 0.2) is 6.20 Å². The van der Waals surface area contributed by atoms with Gasteiger partial charge in [-0.1, -0.05) is 6.92 Å². The van der Waals surface area contributed by atoms with E-state index in [9.17, 15) is 13.6 Å². The number of carbonyl (C=O) groups excluding carboxylic acids is 1. The molecule has 4 nitrogen and oxygen atoms in total. The molecule has 2 N–H and O–H groups in total. The molecule has 2 rings (SSSR count). The van der Waals surface area contributed by atoms with Gasteiger partial charge >= 0.3 is 0 Å². The van der Waals surface area contributed by atoms with Crippen LogP contribution >= 0.6 is 11.3 Å². The third-order valence-electron chi connectivity index (χ3n) is 3.01. The molecule has 0 bridgehead atoms. The van der Waals surface area contributed by atoms with Crippen molar-refractivity contribution in [3.05, 3.63) is 16.1 Å². The second-order valence-corrected chi connectivity index (χ2v) is 5.81. The second kappa shape index (κ2) is 5.92. The molecule has 1 aromatic rings. The molecule has 7 heteroatoms. The van der Waals surface area contributed by atoms with Gasteiger partial charge in [0.05, 0.1) is 17.6 Å². The van der Waals surface area contributed by atoms with Crippen molar-refractivity contribution >= 4 is 17.2 Å². The average molecular weight is 289 g/mol. The summed E-state index contributed by atoms with van der Waals surface area (Å²) in [7, 11) is 0. The molecule has 1 aliphatic rings. The monoisotopic (exact) mass is 289 g/mol. The fourth-order valence-corrected chi connectivity index (χ4v) is 2.81. The SMILES string of the molecule is CCc1cnc(CCNC(=O)C2CC(F)(F)CN2)s1. The molecule has 1 fully saturated rings. The highest BCUT2D eigenvalue weighted by Gasteiger charge is 2.42. The molecule has 1 atom stereocenters. The summed E-state index contributed by atoms with van der Waals surface area (Å²) >= 11 is 1.62. The van der Waals surface area contributed by atoms with Crippen LogP contribution in [0.5, 0.6) is 0 Å². The van der Waals surface area contributed by atoms with Crippen LogP contribution in [-0.2, 0) is 17.6 Å². The summed E-state index contributed by atoms with van der Waals surface area (Å²) in [5, 5.41) is 6.16. The van der Waals surface area contributed by atoms with Gasteiger partial charge in [0.25, 0.3) is 5.92 Å². The van der Waals surface area contributed by atoms with E-state index >= 15 is 0 Å².